The van der Waals surface area contributed by atoms with E-state index in [9.17, 15) is 0 Å². The molecule has 5 aromatic rings. The number of aromatic amines is 1. The van der Waals surface area contributed by atoms with Gasteiger partial charge in [-0.2, -0.15) is 5.10 Å². The number of rotatable bonds is 5. The summed E-state index contributed by atoms with van der Waals surface area (Å²) < 4.78 is 0. The van der Waals surface area contributed by atoms with Gasteiger partial charge in [0.05, 0.1) is 23.1 Å². The minimum atomic E-state index is 0.847. The first kappa shape index (κ1) is 21.3. The van der Waals surface area contributed by atoms with Gasteiger partial charge in [0.25, 0.3) is 0 Å². The van der Waals surface area contributed by atoms with E-state index in [2.05, 4.69) is 84.2 Å². The molecule has 0 atom stereocenters. The number of nitrogens with one attached hydrogen (secondary N) is 3. The Morgan fingerprint density at radius 3 is 2.60 bits per heavy atom. The average molecular weight is 462 g/mol. The Labute approximate surface area is 204 Å². The molecule has 0 unspecified atom stereocenters. The van der Waals surface area contributed by atoms with E-state index in [-0.39, 0.29) is 0 Å². The summed E-state index contributed by atoms with van der Waals surface area (Å²) in [5.74, 6) is 0. The van der Waals surface area contributed by atoms with Crippen LogP contribution in [0.4, 0.5) is 17.1 Å². The number of fused-ring (bicyclic) bond motifs is 1. The van der Waals surface area contributed by atoms with Crippen molar-refractivity contribution in [3.05, 3.63) is 84.8 Å². The maximum Gasteiger partial charge on any atom is 0.118 e. The SMILES string of the molecule is Cc1cccc(-c2n[nH]cc2-c2ccc3ncc(Nc4ccc(N5CCNCC5)cc4)cc3c2)n1. The standard InChI is InChI=1S/C28H27N7/c1-19-3-2-4-27(32-19)28-25(18-31-34-28)20-5-10-26-21(15-20)16-23(17-30-26)33-22-6-8-24(9-7-22)35-13-11-29-12-14-35/h2-10,15-18,29,33H,11-14H2,1H3,(H,31,34). The first-order chi connectivity index (χ1) is 17.2. The van der Waals surface area contributed by atoms with Crippen LogP contribution in [0.25, 0.3) is 33.4 Å². The summed E-state index contributed by atoms with van der Waals surface area (Å²) in [7, 11) is 0. The van der Waals surface area contributed by atoms with Gasteiger partial charge in [-0.05, 0) is 67.1 Å². The topological polar surface area (TPSA) is 81.8 Å². The van der Waals surface area contributed by atoms with Gasteiger partial charge in [0.2, 0.25) is 0 Å². The van der Waals surface area contributed by atoms with Crippen LogP contribution >= 0.6 is 0 Å². The summed E-state index contributed by atoms with van der Waals surface area (Å²) in [6.45, 7) is 6.15. The highest BCUT2D eigenvalue weighted by molar-refractivity contribution is 5.89. The van der Waals surface area contributed by atoms with E-state index in [0.717, 1.165) is 76.7 Å². The van der Waals surface area contributed by atoms with Crippen molar-refractivity contribution >= 4 is 28.0 Å². The number of hydrogen-bond donors (Lipinski definition) is 3. The Balaban J connectivity index is 1.26. The summed E-state index contributed by atoms with van der Waals surface area (Å²) in [5.41, 5.74) is 8.98. The molecule has 7 nitrogen and oxygen atoms in total. The van der Waals surface area contributed by atoms with Crippen LogP contribution < -0.4 is 15.5 Å². The zero-order valence-electron chi connectivity index (χ0n) is 19.6. The summed E-state index contributed by atoms with van der Waals surface area (Å²) in [4.78, 5) is 11.7. The monoisotopic (exact) mass is 461 g/mol. The Morgan fingerprint density at radius 1 is 0.914 bits per heavy atom. The maximum atomic E-state index is 4.67. The van der Waals surface area contributed by atoms with Crippen molar-refractivity contribution in [1.29, 1.82) is 0 Å². The van der Waals surface area contributed by atoms with Gasteiger partial charge >= 0.3 is 0 Å². The second kappa shape index (κ2) is 9.19. The summed E-state index contributed by atoms with van der Waals surface area (Å²) >= 11 is 0. The van der Waals surface area contributed by atoms with Gasteiger partial charge in [0.1, 0.15) is 5.69 Å². The third-order valence-electron chi connectivity index (χ3n) is 6.40. The lowest BCUT2D eigenvalue weighted by Gasteiger charge is -2.29. The Hall–Kier alpha value is -4.23. The number of anilines is 3. The van der Waals surface area contributed by atoms with Crippen LogP contribution in [0.2, 0.25) is 0 Å². The van der Waals surface area contributed by atoms with E-state index in [4.69, 9.17) is 0 Å². The molecule has 0 aliphatic carbocycles. The number of H-pyrrole nitrogens is 1. The van der Waals surface area contributed by atoms with Crippen LogP contribution in [0, 0.1) is 6.92 Å². The van der Waals surface area contributed by atoms with Crippen LogP contribution in [0.3, 0.4) is 0 Å². The van der Waals surface area contributed by atoms with Gasteiger partial charge in [0, 0.05) is 60.4 Å². The number of nitrogens with zero attached hydrogens (tertiary/aromatic N) is 4. The zero-order chi connectivity index (χ0) is 23.6. The number of piperazine rings is 1. The van der Waals surface area contributed by atoms with Crippen molar-refractivity contribution in [1.82, 2.24) is 25.5 Å². The molecule has 1 aliphatic rings. The van der Waals surface area contributed by atoms with Crippen molar-refractivity contribution in [2.24, 2.45) is 0 Å². The smallest absolute Gasteiger partial charge is 0.118 e. The quantitative estimate of drug-likeness (QED) is 0.336. The van der Waals surface area contributed by atoms with Gasteiger partial charge < -0.3 is 15.5 Å². The highest BCUT2D eigenvalue weighted by Gasteiger charge is 2.13. The van der Waals surface area contributed by atoms with E-state index in [1.165, 1.54) is 5.69 Å². The minimum absolute atomic E-state index is 0.847. The molecule has 3 N–H and O–H groups in total. The van der Waals surface area contributed by atoms with Crippen molar-refractivity contribution < 1.29 is 0 Å². The molecular weight excluding hydrogens is 434 g/mol. The van der Waals surface area contributed by atoms with Gasteiger partial charge in [-0.3, -0.25) is 15.1 Å². The lowest BCUT2D eigenvalue weighted by molar-refractivity contribution is 0.589. The first-order valence-electron chi connectivity index (χ1n) is 11.9. The first-order valence-corrected chi connectivity index (χ1v) is 11.9. The fraction of sp³-hybridized carbons (Fsp3) is 0.179. The molecule has 35 heavy (non-hydrogen) atoms. The van der Waals surface area contributed by atoms with Crippen LogP contribution in [-0.2, 0) is 0 Å². The molecule has 0 amide bonds. The number of hydrogen-bond acceptors (Lipinski definition) is 6. The maximum absolute atomic E-state index is 4.67. The second-order valence-electron chi connectivity index (χ2n) is 8.85. The molecule has 7 heteroatoms. The summed E-state index contributed by atoms with van der Waals surface area (Å²) in [6.07, 6.45) is 3.81. The van der Waals surface area contributed by atoms with E-state index in [1.54, 1.807) is 0 Å². The molecule has 0 bridgehead atoms. The number of aryl methyl sites for hydroxylation is 1. The Bertz CT molecular complexity index is 1470. The van der Waals surface area contributed by atoms with Crippen LogP contribution in [0.5, 0.6) is 0 Å². The normalized spacial score (nSPS) is 13.8. The third kappa shape index (κ3) is 4.46. The molecule has 1 saturated heterocycles. The second-order valence-corrected chi connectivity index (χ2v) is 8.85. The Morgan fingerprint density at radius 2 is 1.77 bits per heavy atom. The summed E-state index contributed by atoms with van der Waals surface area (Å²) in [5, 5.41) is 15.5. The van der Waals surface area contributed by atoms with Gasteiger partial charge in [0.15, 0.2) is 0 Å². The molecule has 1 fully saturated rings. The average Bonchev–Trinajstić information content (AvgIpc) is 3.39. The van der Waals surface area contributed by atoms with Crippen molar-refractivity contribution in [2.45, 2.75) is 6.92 Å². The van der Waals surface area contributed by atoms with Gasteiger partial charge in [-0.1, -0.05) is 12.1 Å². The van der Waals surface area contributed by atoms with E-state index < -0.39 is 0 Å². The molecule has 0 radical (unpaired) electrons. The molecule has 0 spiro atoms. The fourth-order valence-electron chi connectivity index (χ4n) is 4.59. The van der Waals surface area contributed by atoms with Crippen molar-refractivity contribution in [2.75, 3.05) is 36.4 Å². The van der Waals surface area contributed by atoms with Crippen LogP contribution in [0.1, 0.15) is 5.69 Å². The van der Waals surface area contributed by atoms with E-state index in [0.29, 0.717) is 0 Å². The lowest BCUT2D eigenvalue weighted by atomic mass is 10.0. The number of pyridine rings is 2. The molecule has 0 saturated carbocycles. The molecular formula is C28H27N7. The van der Waals surface area contributed by atoms with Crippen molar-refractivity contribution in [3.63, 3.8) is 0 Å². The molecule has 174 valence electrons. The fourth-order valence-corrected chi connectivity index (χ4v) is 4.59. The summed E-state index contributed by atoms with van der Waals surface area (Å²) in [6, 6.07) is 23.0. The Kier molecular flexibility index (Phi) is 5.60. The lowest BCUT2D eigenvalue weighted by Crippen LogP contribution is -2.43. The van der Waals surface area contributed by atoms with E-state index >= 15 is 0 Å². The molecule has 3 aromatic heterocycles. The van der Waals surface area contributed by atoms with E-state index in [1.807, 2.05) is 37.5 Å². The molecule has 4 heterocycles. The molecule has 1 aliphatic heterocycles. The third-order valence-corrected chi connectivity index (χ3v) is 6.40. The van der Waals surface area contributed by atoms with Gasteiger partial charge in [-0.15, -0.1) is 0 Å². The minimum Gasteiger partial charge on any atom is -0.369 e. The predicted octanol–water partition coefficient (Wildman–Crippen LogP) is 5.15. The zero-order valence-corrected chi connectivity index (χ0v) is 19.6. The largest absolute Gasteiger partial charge is 0.369 e. The number of benzene rings is 2. The van der Waals surface area contributed by atoms with Crippen LogP contribution in [-0.4, -0.2) is 46.3 Å². The van der Waals surface area contributed by atoms with Gasteiger partial charge in [-0.25, -0.2) is 0 Å². The highest BCUT2D eigenvalue weighted by atomic mass is 15.2. The number of aromatic nitrogens is 4. The predicted molar refractivity (Wildman–Crippen MR) is 142 cm³/mol. The molecule has 6 rings (SSSR count). The van der Waals surface area contributed by atoms with Crippen LogP contribution in [0.15, 0.2) is 79.1 Å². The van der Waals surface area contributed by atoms with Crippen molar-refractivity contribution in [3.8, 4) is 22.5 Å². The molecule has 2 aromatic carbocycles. The highest BCUT2D eigenvalue weighted by Crippen LogP contribution is 2.32.